The third kappa shape index (κ3) is 3.68. The SMILES string of the molecule is CCCCn1nc(-c2ccccc2)nc1[C@H]1CC[C@@H](N)[C@H](OC)C1. The maximum Gasteiger partial charge on any atom is 0.181 e. The molecular formula is C19H28N4O. The maximum absolute atomic E-state index is 6.18. The maximum atomic E-state index is 6.18. The largest absolute Gasteiger partial charge is 0.380 e. The molecule has 5 heteroatoms. The van der Waals surface area contributed by atoms with Crippen LogP contribution in [-0.4, -0.2) is 34.0 Å². The lowest BCUT2D eigenvalue weighted by Gasteiger charge is -2.32. The van der Waals surface area contributed by atoms with Crippen LogP contribution in [0.2, 0.25) is 0 Å². The third-order valence-corrected chi connectivity index (χ3v) is 4.97. The Morgan fingerprint density at radius 1 is 1.25 bits per heavy atom. The molecule has 0 spiro atoms. The van der Waals surface area contributed by atoms with Gasteiger partial charge >= 0.3 is 0 Å². The molecule has 0 aliphatic heterocycles. The molecule has 130 valence electrons. The Bertz CT molecular complexity index is 640. The van der Waals surface area contributed by atoms with E-state index in [1.165, 1.54) is 0 Å². The van der Waals surface area contributed by atoms with E-state index in [0.29, 0.717) is 5.92 Å². The zero-order valence-corrected chi connectivity index (χ0v) is 14.7. The van der Waals surface area contributed by atoms with E-state index in [0.717, 1.165) is 55.9 Å². The minimum atomic E-state index is 0.111. The molecule has 0 amide bonds. The van der Waals surface area contributed by atoms with Gasteiger partial charge in [-0.2, -0.15) is 5.10 Å². The minimum absolute atomic E-state index is 0.111. The predicted molar refractivity (Wildman–Crippen MR) is 95.7 cm³/mol. The van der Waals surface area contributed by atoms with E-state index in [2.05, 4.69) is 23.7 Å². The molecule has 1 aromatic carbocycles. The first-order valence-electron chi connectivity index (χ1n) is 9.01. The van der Waals surface area contributed by atoms with Gasteiger partial charge in [0, 0.05) is 31.2 Å². The zero-order valence-electron chi connectivity index (χ0n) is 14.7. The summed E-state index contributed by atoms with van der Waals surface area (Å²) in [5.74, 6) is 2.29. The highest BCUT2D eigenvalue weighted by molar-refractivity contribution is 5.54. The fraction of sp³-hybridized carbons (Fsp3) is 0.579. The Morgan fingerprint density at radius 2 is 2.04 bits per heavy atom. The molecule has 1 aromatic heterocycles. The van der Waals surface area contributed by atoms with Gasteiger partial charge in [0.15, 0.2) is 5.82 Å². The monoisotopic (exact) mass is 328 g/mol. The molecule has 0 bridgehead atoms. The van der Waals surface area contributed by atoms with E-state index in [-0.39, 0.29) is 12.1 Å². The van der Waals surface area contributed by atoms with Crippen molar-refractivity contribution in [2.24, 2.45) is 5.73 Å². The predicted octanol–water partition coefficient (Wildman–Crippen LogP) is 3.36. The molecule has 1 fully saturated rings. The number of hydrogen-bond donors (Lipinski definition) is 1. The molecule has 5 nitrogen and oxygen atoms in total. The molecule has 1 aliphatic carbocycles. The lowest BCUT2D eigenvalue weighted by Crippen LogP contribution is -2.41. The van der Waals surface area contributed by atoms with Crippen molar-refractivity contribution in [3.63, 3.8) is 0 Å². The molecule has 0 unspecified atom stereocenters. The summed E-state index contributed by atoms with van der Waals surface area (Å²) in [5, 5.41) is 4.80. The highest BCUT2D eigenvalue weighted by atomic mass is 16.5. The van der Waals surface area contributed by atoms with Crippen LogP contribution in [0.3, 0.4) is 0 Å². The topological polar surface area (TPSA) is 66.0 Å². The van der Waals surface area contributed by atoms with Crippen LogP contribution in [-0.2, 0) is 11.3 Å². The summed E-state index contributed by atoms with van der Waals surface area (Å²) in [6.07, 6.45) is 5.34. The summed E-state index contributed by atoms with van der Waals surface area (Å²) in [4.78, 5) is 4.91. The number of benzene rings is 1. The Hall–Kier alpha value is -1.72. The fourth-order valence-electron chi connectivity index (χ4n) is 3.50. The van der Waals surface area contributed by atoms with Gasteiger partial charge in [-0.15, -0.1) is 0 Å². The molecule has 1 heterocycles. The molecule has 3 rings (SSSR count). The number of ether oxygens (including phenoxy) is 1. The molecule has 3 atom stereocenters. The van der Waals surface area contributed by atoms with E-state index in [4.69, 9.17) is 20.6 Å². The van der Waals surface area contributed by atoms with Gasteiger partial charge in [-0.1, -0.05) is 43.7 Å². The van der Waals surface area contributed by atoms with Gasteiger partial charge in [0.2, 0.25) is 0 Å². The summed E-state index contributed by atoms with van der Waals surface area (Å²) in [7, 11) is 1.75. The molecule has 0 saturated heterocycles. The van der Waals surface area contributed by atoms with Gasteiger partial charge in [0.05, 0.1) is 6.10 Å². The number of aryl methyl sites for hydroxylation is 1. The van der Waals surface area contributed by atoms with Crippen LogP contribution in [0, 0.1) is 0 Å². The second-order valence-electron chi connectivity index (χ2n) is 6.68. The van der Waals surface area contributed by atoms with Crippen LogP contribution in [0.25, 0.3) is 11.4 Å². The fourth-order valence-corrected chi connectivity index (χ4v) is 3.50. The number of hydrogen-bond acceptors (Lipinski definition) is 4. The van der Waals surface area contributed by atoms with Gasteiger partial charge in [0.25, 0.3) is 0 Å². The van der Waals surface area contributed by atoms with Crippen LogP contribution in [0.1, 0.15) is 50.8 Å². The molecule has 2 N–H and O–H groups in total. The Labute approximate surface area is 144 Å². The number of unbranched alkanes of at least 4 members (excludes halogenated alkanes) is 1. The van der Waals surface area contributed by atoms with Gasteiger partial charge in [-0.05, 0) is 25.7 Å². The first-order valence-corrected chi connectivity index (χ1v) is 9.01. The summed E-state index contributed by atoms with van der Waals surface area (Å²) >= 11 is 0. The van der Waals surface area contributed by atoms with Crippen LogP contribution in [0.4, 0.5) is 0 Å². The lowest BCUT2D eigenvalue weighted by atomic mass is 9.83. The van der Waals surface area contributed by atoms with Crippen LogP contribution in [0.5, 0.6) is 0 Å². The lowest BCUT2D eigenvalue weighted by molar-refractivity contribution is 0.0455. The average Bonchev–Trinajstić information content (AvgIpc) is 3.05. The van der Waals surface area contributed by atoms with Gasteiger partial charge in [-0.25, -0.2) is 9.67 Å². The third-order valence-electron chi connectivity index (χ3n) is 4.97. The summed E-state index contributed by atoms with van der Waals surface area (Å²) in [5.41, 5.74) is 7.25. The van der Waals surface area contributed by atoms with E-state index < -0.39 is 0 Å². The number of nitrogens with zero attached hydrogens (tertiary/aromatic N) is 3. The molecular weight excluding hydrogens is 300 g/mol. The first kappa shape index (κ1) is 17.1. The summed E-state index contributed by atoms with van der Waals surface area (Å²) in [6.45, 7) is 3.13. The van der Waals surface area contributed by atoms with Crippen molar-refractivity contribution in [3.05, 3.63) is 36.2 Å². The van der Waals surface area contributed by atoms with E-state index in [9.17, 15) is 0 Å². The molecule has 2 aromatic rings. The van der Waals surface area contributed by atoms with Crippen molar-refractivity contribution >= 4 is 0 Å². The van der Waals surface area contributed by atoms with Crippen molar-refractivity contribution in [2.45, 2.75) is 63.6 Å². The van der Waals surface area contributed by atoms with Gasteiger partial charge in [0.1, 0.15) is 5.82 Å². The Balaban J connectivity index is 1.89. The first-order chi connectivity index (χ1) is 11.7. The van der Waals surface area contributed by atoms with Gasteiger partial charge in [-0.3, -0.25) is 0 Å². The minimum Gasteiger partial charge on any atom is -0.380 e. The number of rotatable bonds is 6. The van der Waals surface area contributed by atoms with Gasteiger partial charge < -0.3 is 10.5 Å². The van der Waals surface area contributed by atoms with Crippen molar-refractivity contribution in [1.29, 1.82) is 0 Å². The highest BCUT2D eigenvalue weighted by Gasteiger charge is 2.32. The van der Waals surface area contributed by atoms with E-state index in [1.54, 1.807) is 7.11 Å². The summed E-state index contributed by atoms with van der Waals surface area (Å²) in [6, 6.07) is 10.3. The quantitative estimate of drug-likeness (QED) is 0.883. The van der Waals surface area contributed by atoms with E-state index >= 15 is 0 Å². The van der Waals surface area contributed by atoms with Crippen molar-refractivity contribution < 1.29 is 4.74 Å². The zero-order chi connectivity index (χ0) is 16.9. The van der Waals surface area contributed by atoms with E-state index in [1.807, 2.05) is 18.2 Å². The Morgan fingerprint density at radius 3 is 2.75 bits per heavy atom. The molecule has 1 saturated carbocycles. The highest BCUT2D eigenvalue weighted by Crippen LogP contribution is 2.33. The normalized spacial score (nSPS) is 24.2. The number of methoxy groups -OCH3 is 1. The number of nitrogens with two attached hydrogens (primary N) is 1. The molecule has 1 aliphatic rings. The Kier molecular flexibility index (Phi) is 5.63. The van der Waals surface area contributed by atoms with Crippen LogP contribution in [0.15, 0.2) is 30.3 Å². The smallest absolute Gasteiger partial charge is 0.181 e. The van der Waals surface area contributed by atoms with Crippen molar-refractivity contribution in [2.75, 3.05) is 7.11 Å². The summed E-state index contributed by atoms with van der Waals surface area (Å²) < 4.78 is 7.70. The second kappa shape index (κ2) is 7.90. The van der Waals surface area contributed by atoms with Crippen molar-refractivity contribution in [3.8, 4) is 11.4 Å². The van der Waals surface area contributed by atoms with Crippen molar-refractivity contribution in [1.82, 2.24) is 14.8 Å². The van der Waals surface area contributed by atoms with Crippen LogP contribution < -0.4 is 5.73 Å². The van der Waals surface area contributed by atoms with Crippen LogP contribution >= 0.6 is 0 Å². The second-order valence-corrected chi connectivity index (χ2v) is 6.68. The average molecular weight is 328 g/mol. The molecule has 24 heavy (non-hydrogen) atoms. The standard InChI is InChI=1S/C19H28N4O/c1-3-4-12-23-19(15-10-11-16(20)17(13-15)24-2)21-18(22-23)14-8-6-5-7-9-14/h5-9,15-17H,3-4,10-13,20H2,1-2H3/t15-,16+,17+/m0/s1. The molecule has 0 radical (unpaired) electrons. The number of aromatic nitrogens is 3.